The molecule has 0 aliphatic heterocycles. The number of para-hydroxylation sites is 2. The van der Waals surface area contributed by atoms with Crippen LogP contribution in [0.4, 0.5) is 5.69 Å². The molecule has 19 heavy (non-hydrogen) atoms. The van der Waals surface area contributed by atoms with E-state index < -0.39 is 0 Å². The Morgan fingerprint density at radius 3 is 2.53 bits per heavy atom. The molecular formula is C13H8N2O2SSe. The zero-order valence-electron chi connectivity index (χ0n) is 9.65. The first-order valence-corrected chi connectivity index (χ1v) is 7.56. The molecule has 0 N–H and O–H groups in total. The fourth-order valence-electron chi connectivity index (χ4n) is 1.92. The summed E-state index contributed by atoms with van der Waals surface area (Å²) in [5, 5.41) is 12.1. The van der Waals surface area contributed by atoms with E-state index in [0.29, 0.717) is 10.3 Å². The van der Waals surface area contributed by atoms with Crippen LogP contribution in [0.25, 0.3) is 15.3 Å². The van der Waals surface area contributed by atoms with Crippen molar-refractivity contribution in [1.82, 2.24) is 3.56 Å². The van der Waals surface area contributed by atoms with Gasteiger partial charge < -0.3 is 0 Å². The monoisotopic (exact) mass is 336 g/mol. The van der Waals surface area contributed by atoms with Crippen LogP contribution in [0.1, 0.15) is 0 Å². The molecule has 94 valence electrons. The second-order valence-electron chi connectivity index (χ2n) is 3.93. The molecule has 3 rings (SSSR count). The Balaban J connectivity index is 2.34. The zero-order chi connectivity index (χ0) is 13.4. The van der Waals surface area contributed by atoms with Gasteiger partial charge in [0.15, 0.2) is 0 Å². The third kappa shape index (κ3) is 2.04. The van der Waals surface area contributed by atoms with Crippen LogP contribution in [0, 0.1) is 14.8 Å². The van der Waals surface area contributed by atoms with Gasteiger partial charge in [-0.3, -0.25) is 0 Å². The molecule has 0 saturated carbocycles. The predicted octanol–water partition coefficient (Wildman–Crippen LogP) is 3.33. The molecule has 1 heterocycles. The molecule has 0 unspecified atom stereocenters. The van der Waals surface area contributed by atoms with E-state index in [0.717, 1.165) is 9.65 Å². The van der Waals surface area contributed by atoms with Gasteiger partial charge in [-0.05, 0) is 0 Å². The number of hydrogen-bond donors (Lipinski definition) is 0. The topological polar surface area (TPSA) is 48.1 Å². The van der Waals surface area contributed by atoms with Crippen molar-refractivity contribution in [2.24, 2.45) is 0 Å². The molecule has 0 spiro atoms. The van der Waals surface area contributed by atoms with Gasteiger partial charge in [0.25, 0.3) is 0 Å². The van der Waals surface area contributed by atoms with Crippen LogP contribution in [-0.2, 0) is 0 Å². The van der Waals surface area contributed by atoms with Crippen LogP contribution >= 0.6 is 12.2 Å². The summed E-state index contributed by atoms with van der Waals surface area (Å²) in [6.07, 6.45) is 0. The summed E-state index contributed by atoms with van der Waals surface area (Å²) in [6, 6.07) is 14.6. The van der Waals surface area contributed by atoms with Crippen molar-refractivity contribution in [3.8, 4) is 5.69 Å². The molecule has 0 radical (unpaired) electrons. The average Bonchev–Trinajstić information content (AvgIpc) is 2.76. The van der Waals surface area contributed by atoms with Crippen LogP contribution in [0.2, 0.25) is 0 Å². The second-order valence-corrected chi connectivity index (χ2v) is 6.39. The molecule has 0 saturated heterocycles. The van der Waals surface area contributed by atoms with Crippen LogP contribution in [0.3, 0.4) is 0 Å². The van der Waals surface area contributed by atoms with Crippen molar-refractivity contribution >= 4 is 42.3 Å². The summed E-state index contributed by atoms with van der Waals surface area (Å²) in [5.74, 6) is 0. The van der Waals surface area contributed by atoms with Gasteiger partial charge in [0.05, 0.1) is 0 Å². The summed E-state index contributed by atoms with van der Waals surface area (Å²) >= 11 is 5.40. The minimum atomic E-state index is -0.364. The Labute approximate surface area is 120 Å². The summed E-state index contributed by atoms with van der Waals surface area (Å²) in [7, 11) is 0. The molecule has 0 fully saturated rings. The summed E-state index contributed by atoms with van der Waals surface area (Å²) < 4.78 is 3.72. The number of fused-ring (bicyclic) bond motifs is 1. The zero-order valence-corrected chi connectivity index (χ0v) is 12.2. The first-order valence-electron chi connectivity index (χ1n) is 5.53. The molecule has 3 aromatic rings. The van der Waals surface area contributed by atoms with Gasteiger partial charge in [0.2, 0.25) is 0 Å². The molecule has 0 amide bonds. The van der Waals surface area contributed by atoms with E-state index >= 15 is 0 Å². The molecule has 0 aliphatic carbocycles. The van der Waals surface area contributed by atoms with Gasteiger partial charge >= 0.3 is 120 Å². The van der Waals surface area contributed by atoms with Crippen LogP contribution < -0.4 is 0 Å². The van der Waals surface area contributed by atoms with Gasteiger partial charge in [-0.15, -0.1) is 0 Å². The van der Waals surface area contributed by atoms with Crippen LogP contribution in [0.5, 0.6) is 0 Å². The summed E-state index contributed by atoms with van der Waals surface area (Å²) in [5.41, 5.74) is 0.674. The molecule has 4 nitrogen and oxygen atoms in total. The molecule has 0 bridgehead atoms. The van der Waals surface area contributed by atoms with E-state index in [2.05, 4.69) is 0 Å². The van der Waals surface area contributed by atoms with E-state index in [4.69, 9.17) is 12.2 Å². The maximum absolute atomic E-state index is 11.1. The SMILES string of the molecule is O=[N+]([O-])c1ccccc1-n1[se]c2ccccc2c1=S. The molecule has 0 atom stereocenters. The van der Waals surface area contributed by atoms with E-state index in [9.17, 15) is 10.1 Å². The van der Waals surface area contributed by atoms with Crippen molar-refractivity contribution in [2.75, 3.05) is 0 Å². The number of rotatable bonds is 2. The van der Waals surface area contributed by atoms with Crippen molar-refractivity contribution in [3.63, 3.8) is 0 Å². The third-order valence-corrected chi connectivity index (χ3v) is 5.79. The molecule has 1 aromatic heterocycles. The quantitative estimate of drug-likeness (QED) is 0.312. The third-order valence-electron chi connectivity index (χ3n) is 2.79. The standard InChI is InChI=1S/C13H8N2O2SSe/c16-15(17)11-7-3-2-6-10(11)14-13(18)9-5-1-4-8-12(9)19-14/h1-8H. The maximum atomic E-state index is 11.1. The van der Waals surface area contributed by atoms with E-state index in [1.807, 2.05) is 27.8 Å². The van der Waals surface area contributed by atoms with Gasteiger partial charge in [-0.2, -0.15) is 0 Å². The predicted molar refractivity (Wildman–Crippen MR) is 77.7 cm³/mol. The van der Waals surface area contributed by atoms with Gasteiger partial charge in [-0.1, -0.05) is 0 Å². The van der Waals surface area contributed by atoms with Gasteiger partial charge in [-0.25, -0.2) is 0 Å². The van der Waals surface area contributed by atoms with Crippen LogP contribution in [0.15, 0.2) is 48.5 Å². The van der Waals surface area contributed by atoms with E-state index in [1.54, 1.807) is 18.2 Å². The molecular weight excluding hydrogens is 327 g/mol. The normalized spacial score (nSPS) is 10.7. The van der Waals surface area contributed by atoms with Crippen molar-refractivity contribution < 1.29 is 4.92 Å². The van der Waals surface area contributed by atoms with Crippen LogP contribution in [-0.4, -0.2) is 23.2 Å². The fourth-order valence-corrected chi connectivity index (χ4v) is 4.70. The number of hydrogen-bond acceptors (Lipinski definition) is 3. The number of nitrogens with zero attached hydrogens (tertiary/aromatic N) is 2. The molecule has 6 heteroatoms. The number of nitro groups is 1. The van der Waals surface area contributed by atoms with Crippen molar-refractivity contribution in [3.05, 3.63) is 63.3 Å². The number of benzene rings is 2. The Morgan fingerprint density at radius 1 is 1.11 bits per heavy atom. The Hall–Kier alpha value is -1.75. The number of aromatic nitrogens is 1. The minimum absolute atomic E-state index is 0.0419. The second kappa shape index (κ2) is 4.74. The Kier molecular flexibility index (Phi) is 3.06. The molecule has 2 aromatic carbocycles. The fraction of sp³-hybridized carbons (Fsp3) is 0. The first kappa shape index (κ1) is 12.3. The Morgan fingerprint density at radius 2 is 1.79 bits per heavy atom. The van der Waals surface area contributed by atoms with Crippen molar-refractivity contribution in [2.45, 2.75) is 0 Å². The average molecular weight is 335 g/mol. The summed E-state index contributed by atoms with van der Waals surface area (Å²) in [6.45, 7) is 0. The van der Waals surface area contributed by atoms with Gasteiger partial charge in [0.1, 0.15) is 0 Å². The van der Waals surface area contributed by atoms with E-state index in [1.165, 1.54) is 6.07 Å². The Bertz CT molecular complexity index is 838. The molecule has 0 aliphatic rings. The van der Waals surface area contributed by atoms with E-state index in [-0.39, 0.29) is 25.3 Å². The van der Waals surface area contributed by atoms with Crippen molar-refractivity contribution in [1.29, 1.82) is 0 Å². The number of nitro benzene ring substituents is 1. The summed E-state index contributed by atoms with van der Waals surface area (Å²) in [4.78, 5) is 10.7. The van der Waals surface area contributed by atoms with Gasteiger partial charge in [0, 0.05) is 0 Å². The first-order chi connectivity index (χ1) is 9.18.